The second-order valence-electron chi connectivity index (χ2n) is 7.72. The second kappa shape index (κ2) is 6.75. The lowest BCUT2D eigenvalue weighted by atomic mass is 10.1. The third-order valence-electron chi connectivity index (χ3n) is 5.56. The molecule has 0 aromatic heterocycles. The van der Waals surface area contributed by atoms with Crippen LogP contribution in [0.5, 0.6) is 5.75 Å². The van der Waals surface area contributed by atoms with Crippen LogP contribution in [0.3, 0.4) is 0 Å². The van der Waals surface area contributed by atoms with Crippen molar-refractivity contribution in [3.8, 4) is 5.75 Å². The first-order valence-electron chi connectivity index (χ1n) is 9.40. The van der Waals surface area contributed by atoms with Crippen LogP contribution in [0, 0.1) is 11.8 Å². The molecule has 1 amide bonds. The van der Waals surface area contributed by atoms with Gasteiger partial charge in [-0.1, -0.05) is 18.2 Å². The monoisotopic (exact) mass is 328 g/mol. The molecule has 130 valence electrons. The van der Waals surface area contributed by atoms with Crippen LogP contribution in [0.2, 0.25) is 0 Å². The van der Waals surface area contributed by atoms with Gasteiger partial charge in [0.05, 0.1) is 13.7 Å². The Hall–Kier alpha value is -1.55. The highest BCUT2D eigenvalue weighted by molar-refractivity contribution is 5.78. The average Bonchev–Trinajstić information content (AvgIpc) is 3.45. The third-order valence-corrected chi connectivity index (χ3v) is 5.56. The summed E-state index contributed by atoms with van der Waals surface area (Å²) in [7, 11) is 1.71. The van der Waals surface area contributed by atoms with Crippen LogP contribution in [0.4, 0.5) is 0 Å². The van der Waals surface area contributed by atoms with E-state index >= 15 is 0 Å². The smallest absolute Gasteiger partial charge is 0.234 e. The maximum Gasteiger partial charge on any atom is 0.234 e. The first-order chi connectivity index (χ1) is 11.7. The molecule has 0 atom stereocenters. The molecule has 0 unspecified atom stereocenters. The summed E-state index contributed by atoms with van der Waals surface area (Å²) in [6.45, 7) is 1.30. The number of nitrogens with one attached hydrogen (secondary N) is 1. The van der Waals surface area contributed by atoms with Crippen LogP contribution in [0.15, 0.2) is 24.3 Å². The Morgan fingerprint density at radius 2 is 1.83 bits per heavy atom. The fourth-order valence-electron chi connectivity index (χ4n) is 3.75. The van der Waals surface area contributed by atoms with E-state index in [9.17, 15) is 4.79 Å². The average molecular weight is 328 g/mol. The highest BCUT2D eigenvalue weighted by Crippen LogP contribution is 2.44. The molecule has 24 heavy (non-hydrogen) atoms. The molecule has 3 fully saturated rings. The van der Waals surface area contributed by atoms with E-state index in [1.807, 2.05) is 18.2 Å². The zero-order valence-electron chi connectivity index (χ0n) is 14.5. The summed E-state index contributed by atoms with van der Waals surface area (Å²) >= 11 is 0. The minimum Gasteiger partial charge on any atom is -0.496 e. The van der Waals surface area contributed by atoms with Crippen LogP contribution in [0.25, 0.3) is 0 Å². The van der Waals surface area contributed by atoms with E-state index in [-0.39, 0.29) is 5.91 Å². The molecule has 1 aromatic carbocycles. The molecule has 0 saturated heterocycles. The number of rotatable bonds is 9. The van der Waals surface area contributed by atoms with Crippen molar-refractivity contribution in [2.45, 2.75) is 57.2 Å². The molecule has 1 N–H and O–H groups in total. The van der Waals surface area contributed by atoms with Crippen LogP contribution >= 0.6 is 0 Å². The van der Waals surface area contributed by atoms with Gasteiger partial charge in [-0.3, -0.25) is 9.69 Å². The number of carbonyl (C=O) groups excluding carboxylic acids is 1. The lowest BCUT2D eigenvalue weighted by Crippen LogP contribution is -2.44. The van der Waals surface area contributed by atoms with Crippen molar-refractivity contribution >= 4 is 5.91 Å². The molecule has 3 aliphatic rings. The number of para-hydroxylation sites is 1. The van der Waals surface area contributed by atoms with Gasteiger partial charge in [-0.15, -0.1) is 0 Å². The maximum absolute atomic E-state index is 12.6. The van der Waals surface area contributed by atoms with Crippen LogP contribution < -0.4 is 10.1 Å². The van der Waals surface area contributed by atoms with E-state index < -0.39 is 0 Å². The zero-order valence-corrected chi connectivity index (χ0v) is 14.5. The molecule has 0 spiro atoms. The number of benzene rings is 1. The van der Waals surface area contributed by atoms with E-state index in [0.29, 0.717) is 18.6 Å². The van der Waals surface area contributed by atoms with Gasteiger partial charge in [-0.05, 0) is 56.4 Å². The molecule has 4 heteroatoms. The number of carbonyl (C=O) groups is 1. The lowest BCUT2D eigenvalue weighted by Gasteiger charge is -2.25. The van der Waals surface area contributed by atoms with Gasteiger partial charge >= 0.3 is 0 Å². The summed E-state index contributed by atoms with van der Waals surface area (Å²) in [5.74, 6) is 2.63. The quantitative estimate of drug-likeness (QED) is 0.758. The Morgan fingerprint density at radius 3 is 2.42 bits per heavy atom. The van der Waals surface area contributed by atoms with E-state index in [0.717, 1.165) is 24.1 Å². The van der Waals surface area contributed by atoms with Gasteiger partial charge < -0.3 is 10.1 Å². The minimum atomic E-state index is 0.209. The number of methoxy groups -OCH3 is 1. The summed E-state index contributed by atoms with van der Waals surface area (Å²) in [4.78, 5) is 14.9. The van der Waals surface area contributed by atoms with E-state index in [4.69, 9.17) is 4.74 Å². The number of hydrogen-bond donors (Lipinski definition) is 1. The fraction of sp³-hybridized carbons (Fsp3) is 0.650. The Kier molecular flexibility index (Phi) is 4.49. The lowest BCUT2D eigenvalue weighted by molar-refractivity contribution is -0.123. The van der Waals surface area contributed by atoms with Crippen LogP contribution in [-0.4, -0.2) is 36.5 Å². The standard InChI is InChI=1S/C20H28N2O2/c1-24-18-5-3-2-4-16(18)12-22(17-10-11-17)13-19(23)21-20(14-6-7-14)15-8-9-15/h2-5,14-15,17,20H,6-13H2,1H3,(H,21,23). The molecule has 1 aromatic rings. The third kappa shape index (κ3) is 3.92. The van der Waals surface area contributed by atoms with E-state index in [2.05, 4.69) is 16.3 Å². The molecule has 4 nitrogen and oxygen atoms in total. The highest BCUT2D eigenvalue weighted by atomic mass is 16.5. The Labute approximate surface area is 144 Å². The summed E-state index contributed by atoms with van der Waals surface area (Å²) in [5.41, 5.74) is 1.17. The van der Waals surface area contributed by atoms with Crippen molar-refractivity contribution in [2.24, 2.45) is 11.8 Å². The topological polar surface area (TPSA) is 41.6 Å². The Balaban J connectivity index is 1.37. The predicted molar refractivity (Wildman–Crippen MR) is 93.8 cm³/mol. The summed E-state index contributed by atoms with van der Waals surface area (Å²) in [6.07, 6.45) is 7.61. The van der Waals surface area contributed by atoms with E-state index in [1.165, 1.54) is 44.1 Å². The molecule has 0 radical (unpaired) electrons. The van der Waals surface area contributed by atoms with Crippen molar-refractivity contribution < 1.29 is 9.53 Å². The summed E-state index contributed by atoms with van der Waals surface area (Å²) in [6, 6.07) is 9.14. The maximum atomic E-state index is 12.6. The zero-order chi connectivity index (χ0) is 16.5. The number of hydrogen-bond acceptors (Lipinski definition) is 3. The molecular weight excluding hydrogens is 300 g/mol. The number of nitrogens with zero attached hydrogens (tertiary/aromatic N) is 1. The molecule has 3 saturated carbocycles. The second-order valence-corrected chi connectivity index (χ2v) is 7.72. The van der Waals surface area contributed by atoms with Crippen molar-refractivity contribution in [1.29, 1.82) is 0 Å². The van der Waals surface area contributed by atoms with Crippen LogP contribution in [0.1, 0.15) is 44.1 Å². The van der Waals surface area contributed by atoms with Crippen molar-refractivity contribution in [3.05, 3.63) is 29.8 Å². The van der Waals surface area contributed by atoms with Gasteiger partial charge in [-0.25, -0.2) is 0 Å². The van der Waals surface area contributed by atoms with Crippen molar-refractivity contribution in [2.75, 3.05) is 13.7 Å². The minimum absolute atomic E-state index is 0.209. The van der Waals surface area contributed by atoms with Gasteiger partial charge in [0.25, 0.3) is 0 Å². The van der Waals surface area contributed by atoms with E-state index in [1.54, 1.807) is 7.11 Å². The van der Waals surface area contributed by atoms with Crippen molar-refractivity contribution in [1.82, 2.24) is 10.2 Å². The molecule has 0 aliphatic heterocycles. The Bertz CT molecular complexity index is 579. The number of amides is 1. The molecule has 4 rings (SSSR count). The van der Waals surface area contributed by atoms with Gasteiger partial charge in [0.1, 0.15) is 5.75 Å². The largest absolute Gasteiger partial charge is 0.496 e. The molecule has 3 aliphatic carbocycles. The fourth-order valence-corrected chi connectivity index (χ4v) is 3.75. The molecular formula is C20H28N2O2. The Morgan fingerprint density at radius 1 is 1.17 bits per heavy atom. The van der Waals surface area contributed by atoms with Gasteiger partial charge in [0, 0.05) is 24.2 Å². The first-order valence-corrected chi connectivity index (χ1v) is 9.40. The highest BCUT2D eigenvalue weighted by Gasteiger charge is 2.42. The molecule has 0 bridgehead atoms. The van der Waals surface area contributed by atoms with Gasteiger partial charge in [0.15, 0.2) is 0 Å². The van der Waals surface area contributed by atoms with Gasteiger partial charge in [-0.2, -0.15) is 0 Å². The van der Waals surface area contributed by atoms with Gasteiger partial charge in [0.2, 0.25) is 5.91 Å². The first kappa shape index (κ1) is 15.9. The SMILES string of the molecule is COc1ccccc1CN(CC(=O)NC(C1CC1)C1CC1)C1CC1. The predicted octanol–water partition coefficient (Wildman–Crippen LogP) is 2.96. The van der Waals surface area contributed by atoms with Crippen molar-refractivity contribution in [3.63, 3.8) is 0 Å². The molecule has 0 heterocycles. The number of ether oxygens (including phenoxy) is 1. The summed E-state index contributed by atoms with van der Waals surface area (Å²) in [5, 5.41) is 3.36. The normalized spacial score (nSPS) is 20.5. The van der Waals surface area contributed by atoms with Crippen LogP contribution in [-0.2, 0) is 11.3 Å². The summed E-state index contributed by atoms with van der Waals surface area (Å²) < 4.78 is 5.47.